The zero-order valence-electron chi connectivity index (χ0n) is 6.75. The van der Waals surface area contributed by atoms with E-state index in [4.69, 9.17) is 9.88 Å². The van der Waals surface area contributed by atoms with Gasteiger partial charge in [0, 0.05) is 13.7 Å². The minimum Gasteiger partial charge on any atom is -0.385 e. The number of unbranched alkanes of at least 4 members (excludes halogenated alkanes) is 2. The highest BCUT2D eigenvalue weighted by Gasteiger charge is 2.00. The van der Waals surface area contributed by atoms with Crippen molar-refractivity contribution >= 4 is 10.0 Å². The van der Waals surface area contributed by atoms with E-state index in [2.05, 4.69) is 0 Å². The van der Waals surface area contributed by atoms with E-state index in [0.29, 0.717) is 13.0 Å². The zero-order chi connectivity index (χ0) is 8.74. The molecule has 0 aliphatic heterocycles. The van der Waals surface area contributed by atoms with Crippen LogP contribution in [-0.2, 0) is 14.8 Å². The van der Waals surface area contributed by atoms with Gasteiger partial charge in [0.25, 0.3) is 0 Å². The van der Waals surface area contributed by atoms with Gasteiger partial charge >= 0.3 is 0 Å². The first-order valence-electron chi connectivity index (χ1n) is 3.55. The van der Waals surface area contributed by atoms with Gasteiger partial charge < -0.3 is 4.74 Å². The van der Waals surface area contributed by atoms with Crippen molar-refractivity contribution in [3.63, 3.8) is 0 Å². The molecule has 0 aliphatic carbocycles. The van der Waals surface area contributed by atoms with Gasteiger partial charge in [-0.2, -0.15) is 0 Å². The number of rotatable bonds is 6. The van der Waals surface area contributed by atoms with E-state index in [0.717, 1.165) is 12.8 Å². The fourth-order valence-electron chi connectivity index (χ4n) is 0.726. The molecule has 0 rings (SSSR count). The van der Waals surface area contributed by atoms with Crippen LogP contribution in [0.25, 0.3) is 0 Å². The zero-order valence-corrected chi connectivity index (χ0v) is 7.56. The van der Waals surface area contributed by atoms with Gasteiger partial charge in [-0.3, -0.25) is 0 Å². The van der Waals surface area contributed by atoms with Gasteiger partial charge in [0.15, 0.2) is 0 Å². The third-order valence-electron chi connectivity index (χ3n) is 1.28. The van der Waals surface area contributed by atoms with E-state index in [1.807, 2.05) is 0 Å². The van der Waals surface area contributed by atoms with Crippen LogP contribution in [0.4, 0.5) is 0 Å². The van der Waals surface area contributed by atoms with Crippen LogP contribution in [-0.4, -0.2) is 27.9 Å². The van der Waals surface area contributed by atoms with Crippen LogP contribution in [0.2, 0.25) is 0 Å². The van der Waals surface area contributed by atoms with Crippen LogP contribution in [0.3, 0.4) is 0 Å². The Kier molecular flexibility index (Phi) is 5.45. The molecule has 0 bridgehead atoms. The molecular formula is C6H15NO3S. The van der Waals surface area contributed by atoms with Crippen LogP contribution >= 0.6 is 0 Å². The Hall–Kier alpha value is -0.130. The van der Waals surface area contributed by atoms with Gasteiger partial charge in [-0.05, 0) is 12.8 Å². The van der Waals surface area contributed by atoms with Crippen molar-refractivity contribution < 1.29 is 13.2 Å². The van der Waals surface area contributed by atoms with Crippen molar-refractivity contribution in [3.8, 4) is 0 Å². The number of hydrogen-bond donors (Lipinski definition) is 1. The van der Waals surface area contributed by atoms with E-state index in [1.54, 1.807) is 7.11 Å². The minimum atomic E-state index is -3.25. The Morgan fingerprint density at radius 3 is 2.36 bits per heavy atom. The molecule has 0 unspecified atom stereocenters. The number of hydrogen-bond acceptors (Lipinski definition) is 3. The number of sulfonamides is 1. The summed E-state index contributed by atoms with van der Waals surface area (Å²) in [6.45, 7) is 0.685. The Balaban J connectivity index is 3.16. The molecule has 2 N–H and O–H groups in total. The van der Waals surface area contributed by atoms with E-state index in [9.17, 15) is 8.42 Å². The van der Waals surface area contributed by atoms with Gasteiger partial charge in [0.2, 0.25) is 10.0 Å². The summed E-state index contributed by atoms with van der Waals surface area (Å²) in [4.78, 5) is 0. The highest BCUT2D eigenvalue weighted by Crippen LogP contribution is 1.96. The second-order valence-corrected chi connectivity index (χ2v) is 4.15. The summed E-state index contributed by atoms with van der Waals surface area (Å²) in [6.07, 6.45) is 2.37. The minimum absolute atomic E-state index is 0.0801. The third kappa shape index (κ3) is 9.87. The molecule has 68 valence electrons. The number of nitrogens with two attached hydrogens (primary N) is 1. The Morgan fingerprint density at radius 1 is 1.27 bits per heavy atom. The first-order valence-corrected chi connectivity index (χ1v) is 5.27. The van der Waals surface area contributed by atoms with Crippen molar-refractivity contribution in [2.45, 2.75) is 19.3 Å². The lowest BCUT2D eigenvalue weighted by molar-refractivity contribution is 0.192. The predicted octanol–water partition coefficient (Wildman–Crippen LogP) is 0.0916. The molecule has 11 heavy (non-hydrogen) atoms. The summed E-state index contributed by atoms with van der Waals surface area (Å²) in [7, 11) is -1.63. The van der Waals surface area contributed by atoms with Gasteiger partial charge in [-0.1, -0.05) is 6.42 Å². The molecule has 5 heteroatoms. The fraction of sp³-hybridized carbons (Fsp3) is 1.00. The lowest BCUT2D eigenvalue weighted by atomic mass is 10.3. The van der Waals surface area contributed by atoms with Crippen molar-refractivity contribution in [3.05, 3.63) is 0 Å². The molecule has 0 fully saturated rings. The van der Waals surface area contributed by atoms with Crippen LogP contribution in [0.1, 0.15) is 19.3 Å². The van der Waals surface area contributed by atoms with Crippen LogP contribution in [0, 0.1) is 0 Å². The first kappa shape index (κ1) is 10.9. The highest BCUT2D eigenvalue weighted by atomic mass is 32.2. The normalized spacial score (nSPS) is 11.8. The number of ether oxygens (including phenoxy) is 1. The molecule has 0 aliphatic rings. The van der Waals surface area contributed by atoms with E-state index in [-0.39, 0.29) is 5.75 Å². The predicted molar refractivity (Wildman–Crippen MR) is 43.7 cm³/mol. The van der Waals surface area contributed by atoms with Crippen LogP contribution < -0.4 is 5.14 Å². The summed E-state index contributed by atoms with van der Waals surface area (Å²) < 4.78 is 25.6. The molecule has 0 atom stereocenters. The maximum atomic E-state index is 10.4. The summed E-state index contributed by atoms with van der Waals surface area (Å²) in [5.74, 6) is 0.0801. The van der Waals surface area contributed by atoms with Crippen molar-refractivity contribution in [1.82, 2.24) is 0 Å². The molecule has 4 nitrogen and oxygen atoms in total. The number of primary sulfonamides is 1. The molecule has 0 saturated heterocycles. The maximum absolute atomic E-state index is 10.4. The second-order valence-electron chi connectivity index (χ2n) is 2.42. The monoisotopic (exact) mass is 181 g/mol. The van der Waals surface area contributed by atoms with Gasteiger partial charge in [-0.25, -0.2) is 13.6 Å². The summed E-state index contributed by atoms with van der Waals surface area (Å²) in [6, 6.07) is 0. The maximum Gasteiger partial charge on any atom is 0.209 e. The molecule has 0 aromatic heterocycles. The SMILES string of the molecule is COCCCCCS(N)(=O)=O. The molecular weight excluding hydrogens is 166 g/mol. The fourth-order valence-corrected chi connectivity index (χ4v) is 1.33. The average Bonchev–Trinajstić information content (AvgIpc) is 1.85. The lowest BCUT2D eigenvalue weighted by Gasteiger charge is -1.98. The summed E-state index contributed by atoms with van der Waals surface area (Å²) >= 11 is 0. The lowest BCUT2D eigenvalue weighted by Crippen LogP contribution is -2.16. The van der Waals surface area contributed by atoms with Gasteiger partial charge in [0.1, 0.15) is 0 Å². The average molecular weight is 181 g/mol. The second kappa shape index (κ2) is 5.51. The van der Waals surface area contributed by atoms with E-state index < -0.39 is 10.0 Å². The molecule has 0 aromatic rings. The van der Waals surface area contributed by atoms with Gasteiger partial charge in [0.05, 0.1) is 5.75 Å². The Bertz CT molecular complexity index is 176. The highest BCUT2D eigenvalue weighted by molar-refractivity contribution is 7.89. The molecule has 0 aromatic carbocycles. The van der Waals surface area contributed by atoms with Crippen LogP contribution in [0.5, 0.6) is 0 Å². The molecule has 0 spiro atoms. The smallest absolute Gasteiger partial charge is 0.209 e. The van der Waals surface area contributed by atoms with Gasteiger partial charge in [-0.15, -0.1) is 0 Å². The molecule has 0 amide bonds. The van der Waals surface area contributed by atoms with E-state index >= 15 is 0 Å². The quantitative estimate of drug-likeness (QED) is 0.590. The summed E-state index contributed by atoms with van der Waals surface area (Å²) in [5, 5.41) is 4.79. The Labute approximate surface area is 67.8 Å². The summed E-state index contributed by atoms with van der Waals surface area (Å²) in [5.41, 5.74) is 0. The van der Waals surface area contributed by atoms with E-state index in [1.165, 1.54) is 0 Å². The van der Waals surface area contributed by atoms with Crippen molar-refractivity contribution in [1.29, 1.82) is 0 Å². The van der Waals surface area contributed by atoms with Crippen LogP contribution in [0.15, 0.2) is 0 Å². The number of methoxy groups -OCH3 is 1. The topological polar surface area (TPSA) is 69.4 Å². The molecule has 0 radical (unpaired) electrons. The molecule has 0 saturated carbocycles. The Morgan fingerprint density at radius 2 is 1.91 bits per heavy atom. The first-order chi connectivity index (χ1) is 5.06. The molecule has 0 heterocycles. The largest absolute Gasteiger partial charge is 0.385 e. The van der Waals surface area contributed by atoms with Crippen molar-refractivity contribution in [2.75, 3.05) is 19.5 Å². The van der Waals surface area contributed by atoms with Crippen molar-refractivity contribution in [2.24, 2.45) is 5.14 Å². The standard InChI is InChI=1S/C6H15NO3S/c1-10-5-3-2-4-6-11(7,8)9/h2-6H2,1H3,(H2,7,8,9). The third-order valence-corrected chi connectivity index (χ3v) is 2.14.